The van der Waals surface area contributed by atoms with Crippen LogP contribution in [0.25, 0.3) is 21.8 Å². The van der Waals surface area contributed by atoms with Crippen LogP contribution < -0.4 is 14.6 Å². The van der Waals surface area contributed by atoms with Crippen LogP contribution in [0.1, 0.15) is 67.8 Å². The van der Waals surface area contributed by atoms with Gasteiger partial charge in [-0.05, 0) is 67.9 Å². The molecule has 0 bridgehead atoms. The van der Waals surface area contributed by atoms with Gasteiger partial charge < -0.3 is 29.6 Å². The first-order valence-corrected chi connectivity index (χ1v) is 24.0. The average molecular weight is 928 g/mol. The van der Waals surface area contributed by atoms with Crippen molar-refractivity contribution in [1.29, 1.82) is 0 Å². The lowest BCUT2D eigenvalue weighted by Gasteiger charge is -2.37. The number of phenolic OH excluding ortho intramolecular Hbond substituents is 2. The summed E-state index contributed by atoms with van der Waals surface area (Å²) in [6.07, 6.45) is -0.377. The molecule has 3 N–H and O–H groups in total. The van der Waals surface area contributed by atoms with E-state index in [0.717, 1.165) is 9.87 Å². The molecule has 66 heavy (non-hydrogen) atoms. The number of nitrogens with zero attached hydrogens (tertiary/aromatic N) is 2. The molecular weight excluding hydrogens is 887 g/mol. The molecule has 336 valence electrons. The van der Waals surface area contributed by atoms with Gasteiger partial charge in [0.1, 0.15) is 23.0 Å². The van der Waals surface area contributed by atoms with Crippen molar-refractivity contribution in [3.05, 3.63) is 166 Å². The minimum Gasteiger partial charge on any atom is -0.748 e. The van der Waals surface area contributed by atoms with Gasteiger partial charge in [-0.15, -0.1) is 0 Å². The zero-order chi connectivity index (χ0) is 46.5. The number of hydrogen-bond acceptors (Lipinski definition) is 12. The molecule has 1 aromatic heterocycles. The van der Waals surface area contributed by atoms with E-state index < -0.39 is 55.8 Å². The van der Waals surface area contributed by atoms with Crippen LogP contribution in [0.15, 0.2) is 132 Å². The molecule has 3 heterocycles. The maximum absolute atomic E-state index is 15.0. The van der Waals surface area contributed by atoms with E-state index in [1.54, 1.807) is 109 Å². The number of benzene rings is 6. The highest BCUT2D eigenvalue weighted by Crippen LogP contribution is 2.58. The van der Waals surface area contributed by atoms with Crippen molar-refractivity contribution in [1.82, 2.24) is 9.62 Å². The van der Waals surface area contributed by atoms with Gasteiger partial charge in [0.2, 0.25) is 16.9 Å². The number of amides is 2. The number of sulfonamides is 1. The molecule has 17 heteroatoms. The monoisotopic (exact) mass is 927 g/mol. The molecule has 0 radical (unpaired) electrons. The predicted molar refractivity (Wildman–Crippen MR) is 239 cm³/mol. The number of aromatic nitrogens is 1. The van der Waals surface area contributed by atoms with Crippen LogP contribution in [0.4, 0.5) is 0 Å². The second kappa shape index (κ2) is 16.9. The lowest BCUT2D eigenvalue weighted by molar-refractivity contribution is -0.645. The maximum atomic E-state index is 15.0. The molecule has 7 aromatic rings. The van der Waals surface area contributed by atoms with Crippen LogP contribution in [0.3, 0.4) is 0 Å². The lowest BCUT2D eigenvalue weighted by Crippen LogP contribution is -2.41. The van der Waals surface area contributed by atoms with Gasteiger partial charge in [0.05, 0.1) is 49.0 Å². The van der Waals surface area contributed by atoms with E-state index in [1.165, 1.54) is 30.3 Å². The number of para-hydroxylation sites is 2. The van der Waals surface area contributed by atoms with Crippen molar-refractivity contribution >= 4 is 59.7 Å². The largest absolute Gasteiger partial charge is 0.748 e. The Morgan fingerprint density at radius 1 is 0.788 bits per heavy atom. The Hall–Kier alpha value is -7.34. The van der Waals surface area contributed by atoms with Crippen molar-refractivity contribution < 1.29 is 60.0 Å². The molecule has 0 saturated heterocycles. The number of ether oxygens (including phenoxy) is 2. The summed E-state index contributed by atoms with van der Waals surface area (Å²) in [5.41, 5.74) is 2.17. The molecule has 0 aliphatic carbocycles. The first-order valence-electron chi connectivity index (χ1n) is 21.0. The zero-order valence-electron chi connectivity index (χ0n) is 35.3. The molecule has 2 aliphatic rings. The minimum absolute atomic E-state index is 0.00357. The molecule has 0 saturated carbocycles. The number of carbonyl (C=O) groups is 3. The first kappa shape index (κ1) is 43.9. The van der Waals surface area contributed by atoms with Crippen LogP contribution in [0, 0.1) is 6.92 Å². The summed E-state index contributed by atoms with van der Waals surface area (Å²) < 4.78 is 78.6. The van der Waals surface area contributed by atoms with Gasteiger partial charge in [0.15, 0.2) is 12.1 Å². The van der Waals surface area contributed by atoms with E-state index in [0.29, 0.717) is 44.1 Å². The number of aromatic hydroxyl groups is 2. The number of aryl methyl sites for hydroxylation is 2. The summed E-state index contributed by atoms with van der Waals surface area (Å²) in [4.78, 5) is 41.8. The fraction of sp³-hybridized carbons (Fsp3) is 0.184. The second-order valence-electron chi connectivity index (χ2n) is 16.1. The number of esters is 1. The minimum atomic E-state index is -4.54. The number of phenols is 2. The molecular formula is C49H41N3O12S2. The quantitative estimate of drug-likeness (QED) is 0.0493. The number of hydrogen-bond donors (Lipinski definition) is 3. The summed E-state index contributed by atoms with van der Waals surface area (Å²) in [7, 11) is -9.04. The van der Waals surface area contributed by atoms with E-state index in [4.69, 9.17) is 9.47 Å². The highest BCUT2D eigenvalue weighted by Gasteiger charge is 2.54. The van der Waals surface area contributed by atoms with E-state index in [2.05, 4.69) is 5.32 Å². The summed E-state index contributed by atoms with van der Waals surface area (Å²) in [5, 5.41) is 25.2. The van der Waals surface area contributed by atoms with Gasteiger partial charge in [-0.25, -0.2) is 25.9 Å². The fourth-order valence-corrected chi connectivity index (χ4v) is 10.8. The first-order chi connectivity index (χ1) is 31.6. The molecule has 6 aromatic carbocycles. The standard InChI is InChI=1S/C49H41N3O12S2/c1-30-17-20-32(21-18-30)66(61,62)52(47(56)45-34-11-3-6-14-40(34)51(25-9-27-65(58,59)60)41-15-7-4-12-35(41)45)26-8-16-44(55)50-29-36-42(54)24-23-39-46(36)63-43-28-31(53)19-22-38(43)49(39)37-13-5-2-10-33(37)48(57)64-49/h2-7,10-15,17-24,28H,8-9,16,25-27,29H2,1H3,(H3-,50,53,54,55,58,59,60). The Kier molecular flexibility index (Phi) is 11.2. The van der Waals surface area contributed by atoms with E-state index in [9.17, 15) is 41.2 Å². The summed E-state index contributed by atoms with van der Waals surface area (Å²) >= 11 is 0. The van der Waals surface area contributed by atoms with Gasteiger partial charge in [-0.2, -0.15) is 4.57 Å². The third kappa shape index (κ3) is 7.73. The third-order valence-corrected chi connectivity index (χ3v) is 14.5. The molecule has 2 amide bonds. The van der Waals surface area contributed by atoms with E-state index >= 15 is 4.79 Å². The van der Waals surface area contributed by atoms with Crippen molar-refractivity contribution in [3.8, 4) is 23.0 Å². The number of carbonyl (C=O) groups excluding carboxylic acids is 3. The van der Waals surface area contributed by atoms with Crippen molar-refractivity contribution in [3.63, 3.8) is 0 Å². The zero-order valence-corrected chi connectivity index (χ0v) is 36.9. The highest BCUT2D eigenvalue weighted by atomic mass is 32.2. The molecule has 15 nitrogen and oxygen atoms in total. The lowest BCUT2D eigenvalue weighted by atomic mass is 9.77. The summed E-state index contributed by atoms with van der Waals surface area (Å²) in [6.45, 7) is 1.22. The maximum Gasteiger partial charge on any atom is 0.340 e. The van der Waals surface area contributed by atoms with Crippen LogP contribution in [-0.2, 0) is 48.4 Å². The Labute approximate surface area is 379 Å². The van der Waals surface area contributed by atoms with Crippen LogP contribution in [0.2, 0.25) is 0 Å². The second-order valence-corrected chi connectivity index (χ2v) is 19.5. The summed E-state index contributed by atoms with van der Waals surface area (Å²) in [6, 6.07) is 33.9. The SMILES string of the molecule is Cc1ccc(S(=O)(=O)N(CCCC(=O)NCc2c(O)ccc3c2Oc2cc(O)ccc2C32OC(=O)c3ccccc32)C(=O)c2c3ccccc3[n+](CCCS(=O)(=O)[O-])c3ccccc23)cc1. The van der Waals surface area contributed by atoms with Gasteiger partial charge in [0.25, 0.3) is 15.9 Å². The normalized spacial score (nSPS) is 15.2. The summed E-state index contributed by atoms with van der Waals surface area (Å²) in [5.74, 6) is -2.71. The number of rotatable bonds is 13. The number of pyridine rings is 1. The molecule has 2 aliphatic heterocycles. The molecule has 1 spiro atoms. The Morgan fingerprint density at radius 2 is 1.44 bits per heavy atom. The van der Waals surface area contributed by atoms with Gasteiger partial charge in [-0.1, -0.05) is 60.2 Å². The van der Waals surface area contributed by atoms with Crippen molar-refractivity contribution in [2.45, 2.75) is 49.8 Å². The molecule has 0 fully saturated rings. The molecule has 1 unspecified atom stereocenters. The topological polar surface area (TPSA) is 221 Å². The van der Waals surface area contributed by atoms with Gasteiger partial charge in [0, 0.05) is 60.0 Å². The van der Waals surface area contributed by atoms with Gasteiger partial charge in [-0.3, -0.25) is 9.59 Å². The molecule has 1 atom stereocenters. The Bertz CT molecular complexity index is 3320. The predicted octanol–water partition coefficient (Wildman–Crippen LogP) is 6.43. The fourth-order valence-electron chi connectivity index (χ4n) is 8.88. The smallest absolute Gasteiger partial charge is 0.340 e. The van der Waals surface area contributed by atoms with Crippen LogP contribution >= 0.6 is 0 Å². The molecule has 9 rings (SSSR count). The van der Waals surface area contributed by atoms with Crippen LogP contribution in [-0.4, -0.2) is 66.0 Å². The number of fused-ring (bicyclic) bond motifs is 8. The van der Waals surface area contributed by atoms with E-state index in [1.807, 2.05) is 0 Å². The van der Waals surface area contributed by atoms with Gasteiger partial charge >= 0.3 is 5.97 Å². The third-order valence-electron chi connectivity index (χ3n) is 11.9. The van der Waals surface area contributed by atoms with Crippen molar-refractivity contribution in [2.75, 3.05) is 12.3 Å². The highest BCUT2D eigenvalue weighted by molar-refractivity contribution is 7.89. The van der Waals surface area contributed by atoms with E-state index in [-0.39, 0.29) is 71.4 Å². The van der Waals surface area contributed by atoms with Crippen molar-refractivity contribution in [2.24, 2.45) is 0 Å². The van der Waals surface area contributed by atoms with Crippen LogP contribution in [0.5, 0.6) is 23.0 Å². The average Bonchev–Trinajstić information content (AvgIpc) is 3.58. The Balaban J connectivity index is 1.01. The Morgan fingerprint density at radius 3 is 2.14 bits per heavy atom. The number of nitrogens with one attached hydrogen (secondary N) is 1.